The fraction of sp³-hybridized carbons (Fsp3) is 0.250. The molecule has 1 aliphatic rings. The lowest BCUT2D eigenvalue weighted by Crippen LogP contribution is -2.27. The maximum Gasteiger partial charge on any atom is 0.115 e. The molecule has 2 nitrogen and oxygen atoms in total. The van der Waals surface area contributed by atoms with E-state index in [1.54, 1.807) is 12.1 Å². The van der Waals surface area contributed by atoms with Gasteiger partial charge in [-0.15, -0.1) is 0 Å². The van der Waals surface area contributed by atoms with E-state index in [1.165, 1.54) is 11.1 Å². The predicted octanol–water partition coefficient (Wildman–Crippen LogP) is 3.36. The number of anilines is 1. The van der Waals surface area contributed by atoms with Crippen LogP contribution in [0, 0.1) is 0 Å². The van der Waals surface area contributed by atoms with Crippen molar-refractivity contribution in [2.24, 2.45) is 0 Å². The van der Waals surface area contributed by atoms with Crippen LogP contribution in [0.2, 0.25) is 0 Å². The van der Waals surface area contributed by atoms with Crippen molar-refractivity contribution in [1.29, 1.82) is 0 Å². The lowest BCUT2D eigenvalue weighted by Gasteiger charge is -2.26. The number of hydrogen-bond donors (Lipinski definition) is 2. The number of aryl methyl sites for hydroxylation is 1. The molecular weight excluding hydrogens is 222 g/mol. The molecule has 2 aromatic rings. The van der Waals surface area contributed by atoms with E-state index in [0.717, 1.165) is 24.9 Å². The number of fused-ring (bicyclic) bond motifs is 1. The van der Waals surface area contributed by atoms with E-state index in [-0.39, 0.29) is 0 Å². The van der Waals surface area contributed by atoms with Crippen LogP contribution < -0.4 is 5.32 Å². The van der Waals surface area contributed by atoms with E-state index < -0.39 is 0 Å². The Morgan fingerprint density at radius 2 is 1.67 bits per heavy atom. The molecule has 0 bridgehead atoms. The molecule has 0 saturated carbocycles. The third kappa shape index (κ3) is 2.33. The first-order valence-corrected chi connectivity index (χ1v) is 6.43. The molecule has 3 rings (SSSR count). The molecule has 0 heterocycles. The van der Waals surface area contributed by atoms with Crippen molar-refractivity contribution in [3.05, 3.63) is 59.7 Å². The predicted molar refractivity (Wildman–Crippen MR) is 74.0 cm³/mol. The van der Waals surface area contributed by atoms with Gasteiger partial charge in [-0.2, -0.15) is 0 Å². The van der Waals surface area contributed by atoms with Crippen molar-refractivity contribution >= 4 is 5.69 Å². The number of aromatic hydroxyl groups is 1. The summed E-state index contributed by atoms with van der Waals surface area (Å²) in [6, 6.07) is 16.5. The largest absolute Gasteiger partial charge is 0.508 e. The Kier molecular flexibility index (Phi) is 2.93. The Morgan fingerprint density at radius 1 is 0.944 bits per heavy atom. The zero-order valence-corrected chi connectivity index (χ0v) is 10.3. The fourth-order valence-electron chi connectivity index (χ4n) is 2.61. The van der Waals surface area contributed by atoms with Crippen LogP contribution >= 0.6 is 0 Å². The molecule has 2 aromatic carbocycles. The summed E-state index contributed by atoms with van der Waals surface area (Å²) < 4.78 is 0. The zero-order valence-electron chi connectivity index (χ0n) is 10.3. The Hall–Kier alpha value is -1.96. The van der Waals surface area contributed by atoms with E-state index in [2.05, 4.69) is 29.6 Å². The number of benzene rings is 2. The van der Waals surface area contributed by atoms with Crippen LogP contribution in [0.5, 0.6) is 5.75 Å². The molecule has 92 valence electrons. The molecule has 18 heavy (non-hydrogen) atoms. The summed E-state index contributed by atoms with van der Waals surface area (Å²) in [4.78, 5) is 0. The summed E-state index contributed by atoms with van der Waals surface area (Å²) in [5.74, 6) is 0.314. The van der Waals surface area contributed by atoms with E-state index in [1.807, 2.05) is 12.1 Å². The molecule has 0 aromatic heterocycles. The first-order valence-electron chi connectivity index (χ1n) is 6.43. The Labute approximate surface area is 107 Å². The lowest BCUT2D eigenvalue weighted by atomic mass is 9.88. The molecule has 0 fully saturated rings. The number of phenolic OH excluding ortho intramolecular Hbond substituents is 1. The number of phenols is 1. The minimum absolute atomic E-state index is 0.314. The number of nitrogens with one attached hydrogen (secondary N) is 1. The maximum atomic E-state index is 9.26. The molecule has 1 atom stereocenters. The van der Waals surface area contributed by atoms with Crippen LogP contribution in [-0.2, 0) is 12.8 Å². The maximum absolute atomic E-state index is 9.26. The summed E-state index contributed by atoms with van der Waals surface area (Å²) in [5, 5.41) is 12.8. The monoisotopic (exact) mass is 239 g/mol. The molecule has 2 heteroatoms. The van der Waals surface area contributed by atoms with Crippen molar-refractivity contribution in [1.82, 2.24) is 0 Å². The molecular formula is C16H17NO. The third-order valence-electron chi connectivity index (χ3n) is 3.58. The summed E-state index contributed by atoms with van der Waals surface area (Å²) in [6.07, 6.45) is 3.39. The van der Waals surface area contributed by atoms with Crippen molar-refractivity contribution in [2.45, 2.75) is 25.3 Å². The molecule has 1 aliphatic carbocycles. The zero-order chi connectivity index (χ0) is 12.4. The minimum Gasteiger partial charge on any atom is -0.508 e. The Bertz CT molecular complexity index is 533. The lowest BCUT2D eigenvalue weighted by molar-refractivity contribution is 0.475. The van der Waals surface area contributed by atoms with Gasteiger partial charge >= 0.3 is 0 Å². The van der Waals surface area contributed by atoms with Gasteiger partial charge in [-0.05, 0) is 54.7 Å². The fourth-order valence-corrected chi connectivity index (χ4v) is 2.61. The average Bonchev–Trinajstić information content (AvgIpc) is 2.41. The van der Waals surface area contributed by atoms with Crippen LogP contribution in [0.1, 0.15) is 17.5 Å². The van der Waals surface area contributed by atoms with Gasteiger partial charge < -0.3 is 10.4 Å². The van der Waals surface area contributed by atoms with E-state index in [0.29, 0.717) is 11.8 Å². The topological polar surface area (TPSA) is 32.3 Å². The third-order valence-corrected chi connectivity index (χ3v) is 3.58. The second-order valence-electron chi connectivity index (χ2n) is 4.90. The minimum atomic E-state index is 0.314. The molecule has 2 N–H and O–H groups in total. The molecule has 0 aliphatic heterocycles. The van der Waals surface area contributed by atoms with Gasteiger partial charge in [0.25, 0.3) is 0 Å². The van der Waals surface area contributed by atoms with E-state index in [4.69, 9.17) is 0 Å². The highest BCUT2D eigenvalue weighted by Gasteiger charge is 2.17. The van der Waals surface area contributed by atoms with Gasteiger partial charge in [0.05, 0.1) is 0 Å². The summed E-state index contributed by atoms with van der Waals surface area (Å²) in [6.45, 7) is 0. The average molecular weight is 239 g/mol. The summed E-state index contributed by atoms with van der Waals surface area (Å²) >= 11 is 0. The number of rotatable bonds is 2. The van der Waals surface area contributed by atoms with Gasteiger partial charge in [0.2, 0.25) is 0 Å². The van der Waals surface area contributed by atoms with Gasteiger partial charge in [-0.1, -0.05) is 24.3 Å². The highest BCUT2D eigenvalue weighted by atomic mass is 16.3. The van der Waals surface area contributed by atoms with Crippen LogP contribution in [0.25, 0.3) is 0 Å². The summed E-state index contributed by atoms with van der Waals surface area (Å²) in [5.41, 5.74) is 4.03. The van der Waals surface area contributed by atoms with Crippen LogP contribution in [-0.4, -0.2) is 11.1 Å². The highest BCUT2D eigenvalue weighted by Crippen LogP contribution is 2.24. The van der Waals surface area contributed by atoms with Crippen LogP contribution in [0.3, 0.4) is 0 Å². The van der Waals surface area contributed by atoms with Crippen molar-refractivity contribution < 1.29 is 5.11 Å². The van der Waals surface area contributed by atoms with Gasteiger partial charge in [0.1, 0.15) is 5.75 Å². The van der Waals surface area contributed by atoms with Crippen molar-refractivity contribution in [3.8, 4) is 5.75 Å². The quantitative estimate of drug-likeness (QED) is 0.788. The van der Waals surface area contributed by atoms with Crippen LogP contribution in [0.4, 0.5) is 5.69 Å². The smallest absolute Gasteiger partial charge is 0.115 e. The first-order chi connectivity index (χ1) is 8.81. The SMILES string of the molecule is Oc1ccc(NC2CCc3ccccc3C2)cc1. The van der Waals surface area contributed by atoms with Gasteiger partial charge in [0, 0.05) is 11.7 Å². The van der Waals surface area contributed by atoms with Gasteiger partial charge in [0.15, 0.2) is 0 Å². The van der Waals surface area contributed by atoms with Crippen molar-refractivity contribution in [3.63, 3.8) is 0 Å². The van der Waals surface area contributed by atoms with E-state index in [9.17, 15) is 5.11 Å². The molecule has 1 unspecified atom stereocenters. The van der Waals surface area contributed by atoms with Crippen molar-refractivity contribution in [2.75, 3.05) is 5.32 Å². The van der Waals surface area contributed by atoms with Gasteiger partial charge in [-0.25, -0.2) is 0 Å². The van der Waals surface area contributed by atoms with Gasteiger partial charge in [-0.3, -0.25) is 0 Å². The second kappa shape index (κ2) is 4.73. The molecule has 0 saturated heterocycles. The molecule has 0 radical (unpaired) electrons. The molecule has 0 amide bonds. The Balaban J connectivity index is 1.71. The first kappa shape index (κ1) is 11.1. The second-order valence-corrected chi connectivity index (χ2v) is 4.90. The Morgan fingerprint density at radius 3 is 2.44 bits per heavy atom. The normalized spacial score (nSPS) is 18.1. The van der Waals surface area contributed by atoms with E-state index >= 15 is 0 Å². The standard InChI is InChI=1S/C16H17NO/c18-16-9-7-14(8-10-16)17-15-6-5-12-3-1-2-4-13(12)11-15/h1-4,7-10,15,17-18H,5-6,11H2. The highest BCUT2D eigenvalue weighted by molar-refractivity contribution is 5.47. The molecule has 0 spiro atoms. The van der Waals surface area contributed by atoms with Crippen LogP contribution in [0.15, 0.2) is 48.5 Å². The summed E-state index contributed by atoms with van der Waals surface area (Å²) in [7, 11) is 0. The number of hydrogen-bond acceptors (Lipinski definition) is 2.